The van der Waals surface area contributed by atoms with Crippen LogP contribution in [0.25, 0.3) is 10.9 Å². The molecule has 21 heavy (non-hydrogen) atoms. The zero-order valence-corrected chi connectivity index (χ0v) is 12.2. The van der Waals surface area contributed by atoms with Crippen LogP contribution in [0.4, 0.5) is 5.82 Å². The van der Waals surface area contributed by atoms with Gasteiger partial charge in [0.05, 0.1) is 12.1 Å². The summed E-state index contributed by atoms with van der Waals surface area (Å²) in [5, 5.41) is 1.08. The molecule has 1 aromatic heterocycles. The van der Waals surface area contributed by atoms with Crippen LogP contribution in [0, 0.1) is 0 Å². The van der Waals surface area contributed by atoms with Crippen molar-refractivity contribution in [2.24, 2.45) is 5.73 Å². The van der Waals surface area contributed by atoms with Crippen molar-refractivity contribution >= 4 is 22.6 Å². The number of pyridine rings is 1. The molecule has 0 bridgehead atoms. The van der Waals surface area contributed by atoms with Gasteiger partial charge in [-0.15, -0.1) is 0 Å². The minimum Gasteiger partial charge on any atom is -0.347 e. The third-order valence-corrected chi connectivity index (χ3v) is 3.97. The number of fused-ring (bicyclic) bond motifs is 1. The van der Waals surface area contributed by atoms with Crippen LogP contribution in [0.2, 0.25) is 0 Å². The van der Waals surface area contributed by atoms with Crippen LogP contribution < -0.4 is 10.6 Å². The second kappa shape index (κ2) is 5.69. The minimum atomic E-state index is 0.130. The van der Waals surface area contributed by atoms with E-state index in [4.69, 9.17) is 10.7 Å². The van der Waals surface area contributed by atoms with E-state index in [1.165, 1.54) is 0 Å². The van der Waals surface area contributed by atoms with Gasteiger partial charge >= 0.3 is 0 Å². The van der Waals surface area contributed by atoms with Crippen LogP contribution in [0.5, 0.6) is 0 Å². The Morgan fingerprint density at radius 1 is 1.29 bits per heavy atom. The van der Waals surface area contributed by atoms with E-state index in [1.54, 1.807) is 4.90 Å². The molecular weight excluding hydrogens is 264 g/mol. The highest BCUT2D eigenvalue weighted by Gasteiger charge is 2.22. The second-order valence-electron chi connectivity index (χ2n) is 5.46. The second-order valence-corrected chi connectivity index (χ2v) is 5.46. The first-order valence-electron chi connectivity index (χ1n) is 7.26. The Hall–Kier alpha value is -2.14. The number of carbonyl (C=O) groups excluding carboxylic acids is 1. The maximum Gasteiger partial charge on any atom is 0.241 e. The van der Waals surface area contributed by atoms with E-state index in [-0.39, 0.29) is 5.91 Å². The van der Waals surface area contributed by atoms with Crippen LogP contribution in [-0.4, -0.2) is 42.5 Å². The van der Waals surface area contributed by atoms with Crippen LogP contribution in [0.3, 0.4) is 0 Å². The molecule has 2 aromatic rings. The number of benzene rings is 1. The van der Waals surface area contributed by atoms with Gasteiger partial charge in [-0.2, -0.15) is 0 Å². The normalized spacial score (nSPS) is 16.4. The summed E-state index contributed by atoms with van der Waals surface area (Å²) in [6, 6.07) is 10.1. The summed E-state index contributed by atoms with van der Waals surface area (Å²) in [7, 11) is 1.85. The van der Waals surface area contributed by atoms with Gasteiger partial charge in [-0.25, -0.2) is 4.98 Å². The number of nitrogens with two attached hydrogens (primary N) is 1. The molecule has 1 fully saturated rings. The maximum atomic E-state index is 12.1. The Morgan fingerprint density at radius 2 is 2.10 bits per heavy atom. The Kier molecular flexibility index (Phi) is 3.75. The first-order chi connectivity index (χ1) is 10.2. The summed E-state index contributed by atoms with van der Waals surface area (Å²) in [6.07, 6.45) is 0.945. The lowest BCUT2D eigenvalue weighted by molar-refractivity contribution is -0.127. The summed E-state index contributed by atoms with van der Waals surface area (Å²) in [6.45, 7) is 2.41. The Morgan fingerprint density at radius 3 is 2.90 bits per heavy atom. The summed E-state index contributed by atoms with van der Waals surface area (Å²) in [5.74, 6) is 0.977. The third kappa shape index (κ3) is 2.69. The highest BCUT2D eigenvalue weighted by Crippen LogP contribution is 2.24. The molecule has 0 radical (unpaired) electrons. The van der Waals surface area contributed by atoms with Crippen LogP contribution in [0.15, 0.2) is 30.3 Å². The number of hydrogen-bond acceptors (Lipinski definition) is 4. The highest BCUT2D eigenvalue weighted by atomic mass is 16.2. The number of anilines is 1. The number of amides is 1. The van der Waals surface area contributed by atoms with Gasteiger partial charge in [-0.1, -0.05) is 18.2 Å². The number of nitrogens with zero attached hydrogens (tertiary/aromatic N) is 3. The van der Waals surface area contributed by atoms with Crippen molar-refractivity contribution in [2.45, 2.75) is 13.0 Å². The molecule has 1 aliphatic heterocycles. The van der Waals surface area contributed by atoms with E-state index in [9.17, 15) is 4.79 Å². The average Bonchev–Trinajstić information content (AvgIpc) is 2.68. The molecule has 2 N–H and O–H groups in total. The van der Waals surface area contributed by atoms with E-state index >= 15 is 0 Å². The molecule has 110 valence electrons. The Balaban J connectivity index is 2.03. The lowest BCUT2D eigenvalue weighted by atomic mass is 10.1. The first kappa shape index (κ1) is 13.8. The van der Waals surface area contributed by atoms with Crippen LogP contribution >= 0.6 is 0 Å². The lowest BCUT2D eigenvalue weighted by Gasteiger charge is -2.23. The minimum absolute atomic E-state index is 0.130. The van der Waals surface area contributed by atoms with Crippen molar-refractivity contribution < 1.29 is 4.79 Å². The van der Waals surface area contributed by atoms with Crippen molar-refractivity contribution in [3.8, 4) is 0 Å². The van der Waals surface area contributed by atoms with Gasteiger partial charge in [0.15, 0.2) is 0 Å². The molecule has 0 aliphatic carbocycles. The Labute approximate surface area is 124 Å². The van der Waals surface area contributed by atoms with Crippen molar-refractivity contribution in [1.82, 2.24) is 9.88 Å². The van der Waals surface area contributed by atoms with Gasteiger partial charge in [0, 0.05) is 37.6 Å². The zero-order valence-electron chi connectivity index (χ0n) is 12.2. The molecule has 2 heterocycles. The maximum absolute atomic E-state index is 12.1. The fraction of sp³-hybridized carbons (Fsp3) is 0.375. The molecule has 0 saturated carbocycles. The lowest BCUT2D eigenvalue weighted by Crippen LogP contribution is -2.35. The van der Waals surface area contributed by atoms with E-state index in [0.29, 0.717) is 13.1 Å². The van der Waals surface area contributed by atoms with Gasteiger partial charge in [-0.3, -0.25) is 4.79 Å². The standard InChI is InChI=1S/C16H20N4O/c1-19-7-4-8-20(11-15(19)21)16-13(10-17)9-12-5-2-3-6-14(12)18-16/h2-3,5-6,9H,4,7-8,10-11,17H2,1H3. The van der Waals surface area contributed by atoms with Crippen molar-refractivity contribution in [3.05, 3.63) is 35.9 Å². The van der Waals surface area contributed by atoms with Gasteiger partial charge in [-0.05, 0) is 18.6 Å². The zero-order chi connectivity index (χ0) is 14.8. The number of aromatic nitrogens is 1. The molecule has 3 rings (SSSR count). The molecule has 0 atom stereocenters. The smallest absolute Gasteiger partial charge is 0.241 e. The van der Waals surface area contributed by atoms with Crippen molar-refractivity contribution in [3.63, 3.8) is 0 Å². The number of hydrogen-bond donors (Lipinski definition) is 1. The fourth-order valence-electron chi connectivity index (χ4n) is 2.74. The quantitative estimate of drug-likeness (QED) is 0.904. The molecule has 1 amide bonds. The molecule has 1 aromatic carbocycles. The number of likely N-dealkylation sites (N-methyl/N-ethyl adjacent to an activating group) is 1. The van der Waals surface area contributed by atoms with Gasteiger partial charge in [0.25, 0.3) is 0 Å². The number of rotatable bonds is 2. The monoisotopic (exact) mass is 284 g/mol. The van der Waals surface area contributed by atoms with Gasteiger partial charge in [0.2, 0.25) is 5.91 Å². The van der Waals surface area contributed by atoms with E-state index in [1.807, 2.05) is 31.3 Å². The van der Waals surface area contributed by atoms with Gasteiger partial charge in [0.1, 0.15) is 5.82 Å². The molecule has 5 nitrogen and oxygen atoms in total. The number of para-hydroxylation sites is 1. The van der Waals surface area contributed by atoms with Crippen LogP contribution in [-0.2, 0) is 11.3 Å². The molecule has 0 unspecified atom stereocenters. The van der Waals surface area contributed by atoms with Gasteiger partial charge < -0.3 is 15.5 Å². The molecule has 1 aliphatic rings. The Bertz CT molecular complexity index is 670. The molecule has 0 spiro atoms. The topological polar surface area (TPSA) is 62.5 Å². The fourth-order valence-corrected chi connectivity index (χ4v) is 2.74. The first-order valence-corrected chi connectivity index (χ1v) is 7.26. The van der Waals surface area contributed by atoms with E-state index in [2.05, 4.69) is 11.0 Å². The van der Waals surface area contributed by atoms with E-state index < -0.39 is 0 Å². The largest absolute Gasteiger partial charge is 0.347 e. The number of carbonyl (C=O) groups is 1. The van der Waals surface area contributed by atoms with E-state index in [0.717, 1.165) is 41.8 Å². The predicted octanol–water partition coefficient (Wildman–Crippen LogP) is 1.36. The highest BCUT2D eigenvalue weighted by molar-refractivity contribution is 5.85. The third-order valence-electron chi connectivity index (χ3n) is 3.97. The molecule has 5 heteroatoms. The average molecular weight is 284 g/mol. The predicted molar refractivity (Wildman–Crippen MR) is 84.1 cm³/mol. The summed E-state index contributed by atoms with van der Waals surface area (Å²) >= 11 is 0. The van der Waals surface area contributed by atoms with Crippen molar-refractivity contribution in [2.75, 3.05) is 31.6 Å². The van der Waals surface area contributed by atoms with Crippen LogP contribution in [0.1, 0.15) is 12.0 Å². The summed E-state index contributed by atoms with van der Waals surface area (Å²) < 4.78 is 0. The summed E-state index contributed by atoms with van der Waals surface area (Å²) in [5.41, 5.74) is 7.82. The molecule has 1 saturated heterocycles. The molecular formula is C16H20N4O. The SMILES string of the molecule is CN1CCCN(c2nc3ccccc3cc2CN)CC1=O. The van der Waals surface area contributed by atoms with Crippen molar-refractivity contribution in [1.29, 1.82) is 0 Å². The summed E-state index contributed by atoms with van der Waals surface area (Å²) in [4.78, 5) is 20.7.